The zero-order valence-electron chi connectivity index (χ0n) is 56.6. The van der Waals surface area contributed by atoms with Crippen molar-refractivity contribution in [2.24, 2.45) is 0 Å². The van der Waals surface area contributed by atoms with Gasteiger partial charge in [-0.1, -0.05) is 52.3 Å². The van der Waals surface area contributed by atoms with E-state index in [2.05, 4.69) is 11.8 Å². The number of fused-ring (bicyclic) bond motifs is 15. The maximum absolute atomic E-state index is 13.6. The lowest BCUT2D eigenvalue weighted by Gasteiger charge is -2.39. The number of rotatable bonds is 8. The molecular formula is C76H77N9O15. The Balaban J connectivity index is 0.000000126. The molecular weight excluding hydrogens is 1280 g/mol. The number of pyridine rings is 6. The number of aromatic hydroxyl groups is 1. The van der Waals surface area contributed by atoms with Crippen LogP contribution in [0.15, 0.2) is 99.3 Å². The van der Waals surface area contributed by atoms with Crippen LogP contribution < -0.4 is 21.4 Å². The molecule has 2 saturated heterocycles. The number of hydrogen-bond donors (Lipinski definition) is 4. The number of aliphatic hydroxyl groups is 3. The third-order valence-electron chi connectivity index (χ3n) is 21.6. The topological polar surface area (TPSA) is 301 Å². The van der Waals surface area contributed by atoms with Crippen LogP contribution in [0.3, 0.4) is 0 Å². The van der Waals surface area contributed by atoms with Gasteiger partial charge in [0.1, 0.15) is 31.3 Å². The van der Waals surface area contributed by atoms with Crippen molar-refractivity contribution in [1.29, 1.82) is 0 Å². The molecule has 3 aromatic carbocycles. The van der Waals surface area contributed by atoms with Gasteiger partial charge in [0.25, 0.3) is 16.7 Å². The summed E-state index contributed by atoms with van der Waals surface area (Å²) in [5.41, 5.74) is 6.23. The minimum absolute atomic E-state index is 0.0951. The molecule has 0 saturated carbocycles. The molecule has 24 nitrogen and oxygen atoms in total. The summed E-state index contributed by atoms with van der Waals surface area (Å²) in [6.07, 6.45) is 6.50. The molecule has 0 spiro atoms. The molecule has 17 rings (SSSR count). The molecule has 3 atom stereocenters. The second kappa shape index (κ2) is 25.0. The van der Waals surface area contributed by atoms with Crippen LogP contribution in [-0.4, -0.2) is 134 Å². The van der Waals surface area contributed by atoms with Gasteiger partial charge in [-0.05, 0) is 151 Å². The van der Waals surface area contributed by atoms with Crippen LogP contribution in [0.25, 0.3) is 66.9 Å². The molecule has 8 aliphatic rings. The number of ether oxygens (including phenoxy) is 4. The number of likely N-dealkylation sites (tertiary alicyclic amines) is 2. The number of nitrogens with zero attached hydrogens (tertiary/aromatic N) is 9. The van der Waals surface area contributed by atoms with Crippen molar-refractivity contribution in [1.82, 2.24) is 43.4 Å². The summed E-state index contributed by atoms with van der Waals surface area (Å²) in [6, 6.07) is 26.4. The first kappa shape index (κ1) is 65.9. The molecule has 4 N–H and O–H groups in total. The summed E-state index contributed by atoms with van der Waals surface area (Å²) < 4.78 is 26.1. The van der Waals surface area contributed by atoms with Gasteiger partial charge in [-0.15, -0.1) is 0 Å². The second-order valence-corrected chi connectivity index (χ2v) is 27.5. The third-order valence-corrected chi connectivity index (χ3v) is 21.6. The lowest BCUT2D eigenvalue weighted by Crippen LogP contribution is -2.48. The van der Waals surface area contributed by atoms with Crippen molar-refractivity contribution in [2.75, 3.05) is 40.3 Å². The zero-order valence-corrected chi connectivity index (χ0v) is 56.6. The van der Waals surface area contributed by atoms with Crippen molar-refractivity contribution >= 4 is 56.7 Å². The van der Waals surface area contributed by atoms with Crippen molar-refractivity contribution < 1.29 is 58.6 Å². The Morgan fingerprint density at radius 1 is 0.550 bits per heavy atom. The van der Waals surface area contributed by atoms with Gasteiger partial charge in [-0.25, -0.2) is 34.1 Å². The number of benzene rings is 3. The molecule has 8 aliphatic heterocycles. The number of phenolic OH excluding ortho intramolecular Hbond substituents is 1. The Hall–Kier alpha value is -9.98. The van der Waals surface area contributed by atoms with Crippen LogP contribution in [0.1, 0.15) is 140 Å². The van der Waals surface area contributed by atoms with Crippen LogP contribution in [0.5, 0.6) is 11.5 Å². The van der Waals surface area contributed by atoms with E-state index < -0.39 is 34.7 Å². The molecule has 0 aliphatic carbocycles. The summed E-state index contributed by atoms with van der Waals surface area (Å²) in [7, 11) is 3.86. The quantitative estimate of drug-likeness (QED) is 0.0826. The van der Waals surface area contributed by atoms with E-state index in [9.17, 15) is 54.0 Å². The average Bonchev–Trinajstić information content (AvgIpc) is 1.62. The summed E-state index contributed by atoms with van der Waals surface area (Å²) in [5.74, 6) is -1.50. The Morgan fingerprint density at radius 3 is 1.56 bits per heavy atom. The van der Waals surface area contributed by atoms with Crippen LogP contribution in [0, 0.1) is 0 Å². The molecule has 24 heteroatoms. The first-order chi connectivity index (χ1) is 48.1. The zero-order chi connectivity index (χ0) is 70.0. The van der Waals surface area contributed by atoms with E-state index in [1.54, 1.807) is 70.9 Å². The standard InChI is InChI=1S/C33H38N4O6.C23H23N3O5.C20H16N2O4/c1-3-22-23-16-21(43-32(40)36-14-10-20(11-15-36)35-12-6-5-7-13-35)8-9-27(23)34-29-24(22)18-37-28(29)17-26-25(30(37)38)19-42-31(39)33(26,41)4-2;1-4-23(30)16-8-18-20-12(9-26(18)21(28)15(16)11-31-22(23)29)7-13-14(10-25(2)3)19(27)6-5-17(13)24-20;1-2-20(25)14-8-16-17-12(7-11-5-3-4-6-15(11)21-17)9-22(16)18(23)13(14)10-26-19(20)24/h8-9,16-17,20,41H,3-7,10-15,18-19H2,1-2H3;5-8,27,30H,4,9-11H2,1-3H3;3-8,25H,2,9-10H2,1H3/t33-;23-;20-/m000/s1. The Labute approximate surface area is 573 Å². The number of phenols is 1. The average molecular weight is 1360 g/mol. The predicted molar refractivity (Wildman–Crippen MR) is 368 cm³/mol. The highest BCUT2D eigenvalue weighted by atomic mass is 16.6. The fraction of sp³-hybridized carbons (Fsp3) is 0.395. The van der Waals surface area contributed by atoms with E-state index in [4.69, 9.17) is 33.9 Å². The fourth-order valence-corrected chi connectivity index (χ4v) is 16.0. The van der Waals surface area contributed by atoms with Gasteiger partial charge in [-0.2, -0.15) is 0 Å². The maximum Gasteiger partial charge on any atom is 0.415 e. The predicted octanol–water partition coefficient (Wildman–Crippen LogP) is 8.02. The Morgan fingerprint density at radius 2 is 1.03 bits per heavy atom. The van der Waals surface area contributed by atoms with E-state index in [1.807, 2.05) is 72.4 Å². The molecule has 2 fully saturated rings. The van der Waals surface area contributed by atoms with Crippen LogP contribution in [0.4, 0.5) is 4.79 Å². The van der Waals surface area contributed by atoms with Crippen LogP contribution in [0.2, 0.25) is 0 Å². The van der Waals surface area contributed by atoms with Crippen molar-refractivity contribution in [2.45, 2.75) is 154 Å². The molecule has 0 bridgehead atoms. The van der Waals surface area contributed by atoms with E-state index in [0.29, 0.717) is 125 Å². The number of amides is 1. The number of piperidine rings is 2. The maximum atomic E-state index is 13.6. The number of para-hydroxylation sites is 1. The highest BCUT2D eigenvalue weighted by Gasteiger charge is 2.49. The van der Waals surface area contributed by atoms with E-state index in [0.717, 1.165) is 73.5 Å². The van der Waals surface area contributed by atoms with Gasteiger partial charge in [0, 0.05) is 80.8 Å². The van der Waals surface area contributed by atoms with Crippen molar-refractivity contribution in [3.63, 3.8) is 0 Å². The van der Waals surface area contributed by atoms with Gasteiger partial charge in [0.05, 0.1) is 87.0 Å². The minimum atomic E-state index is -1.86. The summed E-state index contributed by atoms with van der Waals surface area (Å²) in [4.78, 5) is 111. The molecule has 0 unspecified atom stereocenters. The second-order valence-electron chi connectivity index (χ2n) is 27.5. The third kappa shape index (κ3) is 10.6. The highest BCUT2D eigenvalue weighted by Crippen LogP contribution is 2.44. The van der Waals surface area contributed by atoms with Gasteiger partial charge >= 0.3 is 24.0 Å². The van der Waals surface area contributed by atoms with Crippen molar-refractivity contribution in [3.8, 4) is 45.7 Å². The first-order valence-electron chi connectivity index (χ1n) is 34.4. The van der Waals surface area contributed by atoms with Gasteiger partial charge in [-0.3, -0.25) is 14.4 Å². The largest absolute Gasteiger partial charge is 0.508 e. The van der Waals surface area contributed by atoms with Crippen LogP contribution in [-0.2, 0) is 97.8 Å². The number of aryl methyl sites for hydroxylation is 1. The smallest absolute Gasteiger partial charge is 0.415 e. The normalized spacial score (nSPS) is 20.9. The molecule has 1 amide bonds. The first-order valence-corrected chi connectivity index (χ1v) is 34.4. The molecule has 9 aromatic rings. The number of aromatic nitrogens is 6. The number of cyclic esters (lactones) is 3. The summed E-state index contributed by atoms with van der Waals surface area (Å²) >= 11 is 0. The Kier molecular flexibility index (Phi) is 16.5. The molecule has 6 aromatic heterocycles. The molecule has 100 heavy (non-hydrogen) atoms. The number of carbonyl (C=O) groups excluding carboxylic acids is 4. The monoisotopic (exact) mass is 1360 g/mol. The molecule has 0 radical (unpaired) electrons. The summed E-state index contributed by atoms with van der Waals surface area (Å²) in [6.45, 7) is 12.1. The minimum Gasteiger partial charge on any atom is -0.508 e. The fourth-order valence-electron chi connectivity index (χ4n) is 16.0. The highest BCUT2D eigenvalue weighted by molar-refractivity contribution is 5.92. The van der Waals surface area contributed by atoms with E-state index >= 15 is 0 Å². The van der Waals surface area contributed by atoms with Crippen LogP contribution >= 0.6 is 0 Å². The van der Waals surface area contributed by atoms with E-state index in [-0.39, 0.29) is 67.6 Å². The van der Waals surface area contributed by atoms with Gasteiger partial charge in [0.2, 0.25) is 0 Å². The van der Waals surface area contributed by atoms with Gasteiger partial charge < -0.3 is 67.8 Å². The number of hydrogen-bond acceptors (Lipinski definition) is 20. The lowest BCUT2D eigenvalue weighted by molar-refractivity contribution is -0.172. The van der Waals surface area contributed by atoms with Crippen molar-refractivity contribution in [3.05, 3.63) is 177 Å². The Bertz CT molecular complexity index is 5180. The summed E-state index contributed by atoms with van der Waals surface area (Å²) in [5, 5.41) is 46.1. The number of carbonyl (C=O) groups is 4. The number of esters is 3. The SMILES string of the molecule is CC[C@@]1(O)C(=O)OCc2c1cc1n(c2=O)Cc2cc3c(CN(C)C)c(O)ccc3nc2-1.CC[C@@]1(O)C(=O)OCc2c1cc1n(c2=O)Cc2cc3ccccc3nc2-1.CCc1c2c(nc3ccc(OC(=O)N4CCC(N5CCCCC5)CC4)cc13)-c1cc3c(c(=O)n1C2)COC(=O)[C@]3(O)CC. The van der Waals surface area contributed by atoms with Gasteiger partial charge in [0.15, 0.2) is 16.8 Å². The molecule has 14 heterocycles. The lowest BCUT2D eigenvalue weighted by atomic mass is 9.86. The van der Waals surface area contributed by atoms with E-state index in [1.165, 1.54) is 32.4 Å². The molecule has 516 valence electrons.